The van der Waals surface area contributed by atoms with Gasteiger partial charge in [0.15, 0.2) is 17.4 Å². The summed E-state index contributed by atoms with van der Waals surface area (Å²) < 4.78 is 5.46. The highest BCUT2D eigenvalue weighted by Crippen LogP contribution is 2.24. The minimum Gasteiger partial charge on any atom is -0.457 e. The Bertz CT molecular complexity index is 719. The average molecular weight is 259 g/mol. The van der Waals surface area contributed by atoms with Gasteiger partial charge in [0.05, 0.1) is 0 Å². The van der Waals surface area contributed by atoms with Gasteiger partial charge in [-0.2, -0.15) is 0 Å². The molecule has 19 heavy (non-hydrogen) atoms. The molecule has 0 bridgehead atoms. The molecule has 0 spiro atoms. The summed E-state index contributed by atoms with van der Waals surface area (Å²) in [5, 5.41) is 4.55. The number of aromatic nitrogens is 1. The van der Waals surface area contributed by atoms with Gasteiger partial charge in [0, 0.05) is 13.0 Å². The first-order chi connectivity index (χ1) is 9.04. The van der Waals surface area contributed by atoms with Crippen molar-refractivity contribution in [3.05, 3.63) is 29.7 Å². The van der Waals surface area contributed by atoms with Crippen molar-refractivity contribution < 1.29 is 18.8 Å². The molecule has 2 aromatic heterocycles. The number of amides is 3. The maximum absolute atomic E-state index is 11.5. The number of Topliss-reactive ketones (excluding diaryl/α,β-unsaturated/α-hetero) is 1. The second kappa shape index (κ2) is 3.91. The largest absolute Gasteiger partial charge is 0.457 e. The topological polar surface area (TPSA) is 101 Å². The molecule has 1 fully saturated rings. The summed E-state index contributed by atoms with van der Waals surface area (Å²) in [5.41, 5.74) is 1.24. The number of nitrogens with one attached hydrogen (secondary N) is 2. The number of hydrogen-bond donors (Lipinski definition) is 2. The van der Waals surface area contributed by atoms with E-state index < -0.39 is 18.0 Å². The van der Waals surface area contributed by atoms with Gasteiger partial charge in [-0.1, -0.05) is 0 Å². The fourth-order valence-electron chi connectivity index (χ4n) is 1.90. The minimum absolute atomic E-state index is 0.156. The highest BCUT2D eigenvalue weighted by atomic mass is 16.3. The van der Waals surface area contributed by atoms with E-state index in [1.165, 1.54) is 13.0 Å². The van der Waals surface area contributed by atoms with Crippen LogP contribution in [0, 0.1) is 0 Å². The van der Waals surface area contributed by atoms with Gasteiger partial charge in [0.2, 0.25) is 0 Å². The van der Waals surface area contributed by atoms with E-state index in [1.54, 1.807) is 12.1 Å². The standard InChI is InChI=1S/C12H9N3O4/c1-5(16)6-2-3-8-7(13-6)4-9(19-8)10-11(17)15-12(18)14-10/h2-4,10H,1H3,(H2,14,15,17,18)/t10-/m0/s1. The summed E-state index contributed by atoms with van der Waals surface area (Å²) >= 11 is 0. The lowest BCUT2D eigenvalue weighted by atomic mass is 10.2. The first-order valence-corrected chi connectivity index (χ1v) is 5.57. The van der Waals surface area contributed by atoms with Crippen LogP contribution in [0.5, 0.6) is 0 Å². The Morgan fingerprint density at radius 1 is 1.37 bits per heavy atom. The van der Waals surface area contributed by atoms with Crippen LogP contribution in [0.3, 0.4) is 0 Å². The van der Waals surface area contributed by atoms with E-state index >= 15 is 0 Å². The van der Waals surface area contributed by atoms with Crippen LogP contribution in [-0.2, 0) is 4.79 Å². The molecule has 96 valence electrons. The Labute approximate surface area is 107 Å². The third-order valence-corrected chi connectivity index (χ3v) is 2.81. The zero-order chi connectivity index (χ0) is 13.6. The summed E-state index contributed by atoms with van der Waals surface area (Å²) in [7, 11) is 0. The van der Waals surface area contributed by atoms with Gasteiger partial charge in [0.1, 0.15) is 17.0 Å². The molecule has 1 aliphatic heterocycles. The van der Waals surface area contributed by atoms with Gasteiger partial charge in [-0.25, -0.2) is 9.78 Å². The fraction of sp³-hybridized carbons (Fsp3) is 0.167. The van der Waals surface area contributed by atoms with Crippen LogP contribution in [0.2, 0.25) is 0 Å². The molecule has 0 saturated carbocycles. The normalized spacial score (nSPS) is 18.5. The molecule has 0 unspecified atom stereocenters. The highest BCUT2D eigenvalue weighted by molar-refractivity contribution is 6.04. The number of imide groups is 1. The lowest BCUT2D eigenvalue weighted by Crippen LogP contribution is -2.22. The van der Waals surface area contributed by atoms with Crippen molar-refractivity contribution in [1.29, 1.82) is 0 Å². The molecular formula is C12H9N3O4. The predicted octanol–water partition coefficient (Wildman–Crippen LogP) is 0.911. The molecule has 2 N–H and O–H groups in total. The number of pyridine rings is 1. The number of carbonyl (C=O) groups is 3. The van der Waals surface area contributed by atoms with Gasteiger partial charge in [0.25, 0.3) is 5.91 Å². The smallest absolute Gasteiger partial charge is 0.322 e. The Hall–Kier alpha value is -2.70. The molecular weight excluding hydrogens is 250 g/mol. The molecule has 7 nitrogen and oxygen atoms in total. The number of ketones is 1. The van der Waals surface area contributed by atoms with Gasteiger partial charge in [-0.15, -0.1) is 0 Å². The summed E-state index contributed by atoms with van der Waals surface area (Å²) in [4.78, 5) is 37.9. The summed E-state index contributed by atoms with van der Waals surface area (Å²) in [6.07, 6.45) is 0. The Morgan fingerprint density at radius 3 is 2.79 bits per heavy atom. The fourth-order valence-corrected chi connectivity index (χ4v) is 1.90. The van der Waals surface area contributed by atoms with Gasteiger partial charge >= 0.3 is 6.03 Å². The van der Waals surface area contributed by atoms with Crippen LogP contribution in [0.1, 0.15) is 29.2 Å². The molecule has 3 amide bonds. The van der Waals surface area contributed by atoms with E-state index in [9.17, 15) is 14.4 Å². The molecule has 0 aliphatic carbocycles. The number of furan rings is 1. The Kier molecular flexibility index (Phi) is 2.34. The highest BCUT2D eigenvalue weighted by Gasteiger charge is 2.33. The van der Waals surface area contributed by atoms with E-state index in [1.807, 2.05) is 0 Å². The predicted molar refractivity (Wildman–Crippen MR) is 63.4 cm³/mol. The number of carbonyl (C=O) groups excluding carboxylic acids is 3. The molecule has 1 saturated heterocycles. The molecule has 7 heteroatoms. The Morgan fingerprint density at radius 2 is 2.16 bits per heavy atom. The van der Waals surface area contributed by atoms with Crippen molar-refractivity contribution in [3.63, 3.8) is 0 Å². The van der Waals surface area contributed by atoms with Gasteiger partial charge in [-0.3, -0.25) is 14.9 Å². The second-order valence-corrected chi connectivity index (χ2v) is 4.18. The number of rotatable bonds is 2. The maximum atomic E-state index is 11.5. The van der Waals surface area contributed by atoms with Crippen LogP contribution < -0.4 is 10.6 Å². The van der Waals surface area contributed by atoms with E-state index in [4.69, 9.17) is 4.42 Å². The zero-order valence-electron chi connectivity index (χ0n) is 9.89. The van der Waals surface area contributed by atoms with Crippen molar-refractivity contribution in [2.45, 2.75) is 13.0 Å². The van der Waals surface area contributed by atoms with Crippen LogP contribution in [-0.4, -0.2) is 22.7 Å². The third kappa shape index (κ3) is 1.85. The van der Waals surface area contributed by atoms with E-state index in [-0.39, 0.29) is 11.5 Å². The lowest BCUT2D eigenvalue weighted by Gasteiger charge is -2.00. The molecule has 2 aromatic rings. The summed E-state index contributed by atoms with van der Waals surface area (Å²) in [6, 6.07) is 3.27. The van der Waals surface area contributed by atoms with Gasteiger partial charge < -0.3 is 9.73 Å². The molecule has 3 rings (SSSR count). The summed E-state index contributed by atoms with van der Waals surface area (Å²) in [5.74, 6) is -0.348. The number of hydrogen-bond acceptors (Lipinski definition) is 5. The SMILES string of the molecule is CC(=O)c1ccc2oc([C@@H]3NC(=O)NC3=O)cc2n1. The number of nitrogens with zero attached hydrogens (tertiary/aromatic N) is 1. The zero-order valence-corrected chi connectivity index (χ0v) is 9.89. The molecule has 1 aliphatic rings. The third-order valence-electron chi connectivity index (χ3n) is 2.81. The molecule has 3 heterocycles. The Balaban J connectivity index is 2.04. The number of fused-ring (bicyclic) bond motifs is 1. The lowest BCUT2D eigenvalue weighted by molar-refractivity contribution is -0.120. The number of urea groups is 1. The van der Waals surface area contributed by atoms with Crippen molar-refractivity contribution in [1.82, 2.24) is 15.6 Å². The van der Waals surface area contributed by atoms with Crippen LogP contribution in [0.4, 0.5) is 4.79 Å². The van der Waals surface area contributed by atoms with Crippen LogP contribution in [0.25, 0.3) is 11.1 Å². The molecule has 0 radical (unpaired) electrons. The van der Waals surface area contributed by atoms with Gasteiger partial charge in [-0.05, 0) is 12.1 Å². The molecule has 1 atom stereocenters. The van der Waals surface area contributed by atoms with Crippen molar-refractivity contribution >= 4 is 28.8 Å². The van der Waals surface area contributed by atoms with Crippen molar-refractivity contribution in [3.8, 4) is 0 Å². The van der Waals surface area contributed by atoms with Crippen LogP contribution in [0.15, 0.2) is 22.6 Å². The van der Waals surface area contributed by atoms with Crippen LogP contribution >= 0.6 is 0 Å². The quantitative estimate of drug-likeness (QED) is 0.616. The van der Waals surface area contributed by atoms with Crippen molar-refractivity contribution in [2.24, 2.45) is 0 Å². The first kappa shape index (κ1) is 11.4. The average Bonchev–Trinajstić information content (AvgIpc) is 2.90. The maximum Gasteiger partial charge on any atom is 0.322 e. The van der Waals surface area contributed by atoms with E-state index in [2.05, 4.69) is 15.6 Å². The first-order valence-electron chi connectivity index (χ1n) is 5.57. The monoisotopic (exact) mass is 259 g/mol. The van der Waals surface area contributed by atoms with E-state index in [0.29, 0.717) is 16.8 Å². The summed E-state index contributed by atoms with van der Waals surface area (Å²) in [6.45, 7) is 1.42. The van der Waals surface area contributed by atoms with Crippen molar-refractivity contribution in [2.75, 3.05) is 0 Å². The van der Waals surface area contributed by atoms with E-state index in [0.717, 1.165) is 0 Å². The minimum atomic E-state index is -0.859. The molecule has 0 aromatic carbocycles. The second-order valence-electron chi connectivity index (χ2n) is 4.18.